The summed E-state index contributed by atoms with van der Waals surface area (Å²) in [6.07, 6.45) is 2.72. The lowest BCUT2D eigenvalue weighted by atomic mass is 10.1. The number of ether oxygens (including phenoxy) is 3. The summed E-state index contributed by atoms with van der Waals surface area (Å²) in [5, 5.41) is 0. The minimum absolute atomic E-state index is 0.0505. The highest BCUT2D eigenvalue weighted by atomic mass is 16.6. The summed E-state index contributed by atoms with van der Waals surface area (Å²) >= 11 is 0. The highest BCUT2D eigenvalue weighted by Gasteiger charge is 2.43. The largest absolute Gasteiger partial charge is 0.454 e. The second-order valence-electron chi connectivity index (χ2n) is 3.92. The summed E-state index contributed by atoms with van der Waals surface area (Å²) in [7, 11) is 0. The molecule has 0 radical (unpaired) electrons. The van der Waals surface area contributed by atoms with Crippen LogP contribution in [0.1, 0.15) is 13.3 Å². The number of carbonyl (C=O) groups excluding carboxylic acids is 2. The van der Waals surface area contributed by atoms with Crippen molar-refractivity contribution in [3.63, 3.8) is 0 Å². The third kappa shape index (κ3) is 2.48. The van der Waals surface area contributed by atoms with Crippen molar-refractivity contribution in [3.8, 4) is 0 Å². The summed E-state index contributed by atoms with van der Waals surface area (Å²) in [4.78, 5) is 21.9. The third-order valence-corrected chi connectivity index (χ3v) is 2.64. The van der Waals surface area contributed by atoms with Gasteiger partial charge >= 0.3 is 5.97 Å². The van der Waals surface area contributed by atoms with Gasteiger partial charge in [-0.15, -0.1) is 0 Å². The molecule has 3 atom stereocenters. The van der Waals surface area contributed by atoms with Gasteiger partial charge in [-0.2, -0.15) is 0 Å². The molecule has 0 aromatic carbocycles. The van der Waals surface area contributed by atoms with Crippen molar-refractivity contribution in [2.75, 3.05) is 13.2 Å². The second kappa shape index (κ2) is 4.76. The first-order valence-corrected chi connectivity index (χ1v) is 5.29. The fourth-order valence-corrected chi connectivity index (χ4v) is 1.91. The van der Waals surface area contributed by atoms with E-state index in [1.165, 1.54) is 13.0 Å². The number of esters is 1. The molecule has 5 nitrogen and oxygen atoms in total. The summed E-state index contributed by atoms with van der Waals surface area (Å²) in [5.41, 5.74) is 0. The van der Waals surface area contributed by atoms with Crippen molar-refractivity contribution in [1.29, 1.82) is 0 Å². The molecule has 0 N–H and O–H groups in total. The quantitative estimate of drug-likeness (QED) is 0.509. The van der Waals surface area contributed by atoms with Crippen molar-refractivity contribution >= 4 is 11.8 Å². The van der Waals surface area contributed by atoms with E-state index in [4.69, 9.17) is 14.2 Å². The van der Waals surface area contributed by atoms with E-state index in [9.17, 15) is 9.59 Å². The minimum atomic E-state index is -0.528. The van der Waals surface area contributed by atoms with Gasteiger partial charge in [0, 0.05) is 12.7 Å². The Hall–Kier alpha value is -1.20. The summed E-state index contributed by atoms with van der Waals surface area (Å²) in [6, 6.07) is 0. The molecule has 0 aliphatic carbocycles. The van der Waals surface area contributed by atoms with Crippen LogP contribution in [0.4, 0.5) is 0 Å². The van der Waals surface area contributed by atoms with Crippen molar-refractivity contribution < 1.29 is 23.8 Å². The Balaban J connectivity index is 1.85. The lowest BCUT2D eigenvalue weighted by Gasteiger charge is -2.15. The van der Waals surface area contributed by atoms with Gasteiger partial charge in [0.1, 0.15) is 6.10 Å². The van der Waals surface area contributed by atoms with Crippen LogP contribution in [-0.4, -0.2) is 43.3 Å². The molecular formula is C11H14O5. The van der Waals surface area contributed by atoms with Crippen molar-refractivity contribution in [2.24, 2.45) is 0 Å². The molecule has 0 aromatic rings. The SMILES string of the molecule is CC(=O)C=CC(=O)OC1COC2CCOC21. The van der Waals surface area contributed by atoms with Crippen molar-refractivity contribution in [3.05, 3.63) is 12.2 Å². The predicted octanol–water partition coefficient (Wildman–Crippen LogP) is 0.231. The summed E-state index contributed by atoms with van der Waals surface area (Å²) < 4.78 is 16.0. The Morgan fingerprint density at radius 1 is 1.31 bits per heavy atom. The number of rotatable bonds is 3. The molecule has 0 amide bonds. The first kappa shape index (κ1) is 11.3. The van der Waals surface area contributed by atoms with E-state index in [1.54, 1.807) is 0 Å². The maximum Gasteiger partial charge on any atom is 0.331 e. The van der Waals surface area contributed by atoms with Crippen molar-refractivity contribution in [1.82, 2.24) is 0 Å². The van der Waals surface area contributed by atoms with Gasteiger partial charge in [0.05, 0.1) is 12.7 Å². The maximum atomic E-state index is 11.3. The maximum absolute atomic E-state index is 11.3. The van der Waals surface area contributed by atoms with Gasteiger partial charge in [0.2, 0.25) is 0 Å². The van der Waals surface area contributed by atoms with Gasteiger partial charge in [-0.05, 0) is 19.4 Å². The second-order valence-corrected chi connectivity index (χ2v) is 3.92. The van der Waals surface area contributed by atoms with Gasteiger partial charge in [-0.3, -0.25) is 4.79 Å². The van der Waals surface area contributed by atoms with Crippen molar-refractivity contribution in [2.45, 2.75) is 31.7 Å². The number of fused-ring (bicyclic) bond motifs is 1. The first-order chi connectivity index (χ1) is 7.66. The molecule has 2 heterocycles. The van der Waals surface area contributed by atoms with E-state index >= 15 is 0 Å². The first-order valence-electron chi connectivity index (χ1n) is 5.29. The number of ketones is 1. The van der Waals surface area contributed by atoms with Gasteiger partial charge < -0.3 is 14.2 Å². The molecule has 2 rings (SSSR count). The van der Waals surface area contributed by atoms with Gasteiger partial charge in [0.15, 0.2) is 11.9 Å². The van der Waals surface area contributed by atoms with Crippen LogP contribution in [0.2, 0.25) is 0 Å². The topological polar surface area (TPSA) is 61.8 Å². The Labute approximate surface area is 93.4 Å². The molecule has 5 heteroatoms. The van der Waals surface area contributed by atoms with Crippen LogP contribution in [-0.2, 0) is 23.8 Å². The zero-order valence-electron chi connectivity index (χ0n) is 9.05. The Bertz CT molecular complexity index is 322. The lowest BCUT2D eigenvalue weighted by molar-refractivity contribution is -0.147. The molecule has 2 aliphatic rings. The monoisotopic (exact) mass is 226 g/mol. The molecule has 16 heavy (non-hydrogen) atoms. The third-order valence-electron chi connectivity index (χ3n) is 2.64. The van der Waals surface area contributed by atoms with Gasteiger partial charge in [-0.1, -0.05) is 0 Å². The van der Waals surface area contributed by atoms with E-state index in [1.807, 2.05) is 0 Å². The molecule has 88 valence electrons. The highest BCUT2D eigenvalue weighted by Crippen LogP contribution is 2.28. The van der Waals surface area contributed by atoms with Crippen LogP contribution >= 0.6 is 0 Å². The number of carbonyl (C=O) groups is 2. The summed E-state index contributed by atoms with van der Waals surface area (Å²) in [5.74, 6) is -0.713. The molecule has 0 aromatic heterocycles. The zero-order valence-corrected chi connectivity index (χ0v) is 9.05. The Morgan fingerprint density at radius 3 is 2.88 bits per heavy atom. The van der Waals surface area contributed by atoms with E-state index in [0.29, 0.717) is 13.2 Å². The lowest BCUT2D eigenvalue weighted by Crippen LogP contribution is -2.31. The minimum Gasteiger partial charge on any atom is -0.454 e. The van der Waals surface area contributed by atoms with Crippen LogP contribution in [0.3, 0.4) is 0 Å². The molecule has 0 saturated carbocycles. The van der Waals surface area contributed by atoms with Crippen LogP contribution in [0.5, 0.6) is 0 Å². The molecule has 0 spiro atoms. The van der Waals surface area contributed by atoms with E-state index in [0.717, 1.165) is 12.5 Å². The normalized spacial score (nSPS) is 32.9. The molecule has 2 fully saturated rings. The van der Waals surface area contributed by atoms with Crippen LogP contribution in [0.25, 0.3) is 0 Å². The fourth-order valence-electron chi connectivity index (χ4n) is 1.91. The Kier molecular flexibility index (Phi) is 3.36. The molecule has 0 bridgehead atoms. The standard InChI is InChI=1S/C11H14O5/c1-7(12)2-3-10(13)16-9-6-15-8-4-5-14-11(8)9/h2-3,8-9,11H,4-6H2,1H3. The predicted molar refractivity (Wildman–Crippen MR) is 53.8 cm³/mol. The van der Waals surface area contributed by atoms with E-state index < -0.39 is 5.97 Å². The molecule has 3 unspecified atom stereocenters. The number of hydrogen-bond acceptors (Lipinski definition) is 5. The highest BCUT2D eigenvalue weighted by molar-refractivity contribution is 5.94. The van der Waals surface area contributed by atoms with Crippen LogP contribution in [0, 0.1) is 0 Å². The number of hydrogen-bond donors (Lipinski definition) is 0. The smallest absolute Gasteiger partial charge is 0.331 e. The summed E-state index contributed by atoms with van der Waals surface area (Å²) in [6.45, 7) is 2.39. The van der Waals surface area contributed by atoms with Gasteiger partial charge in [-0.25, -0.2) is 4.79 Å². The van der Waals surface area contributed by atoms with E-state index in [-0.39, 0.29) is 24.1 Å². The fraction of sp³-hybridized carbons (Fsp3) is 0.636. The molecule has 2 saturated heterocycles. The van der Waals surface area contributed by atoms with Crippen LogP contribution < -0.4 is 0 Å². The average molecular weight is 226 g/mol. The van der Waals surface area contributed by atoms with Gasteiger partial charge in [0.25, 0.3) is 0 Å². The zero-order chi connectivity index (χ0) is 11.5. The molecule has 2 aliphatic heterocycles. The number of allylic oxidation sites excluding steroid dienone is 1. The average Bonchev–Trinajstić information content (AvgIpc) is 2.80. The Morgan fingerprint density at radius 2 is 2.12 bits per heavy atom. The molecular weight excluding hydrogens is 212 g/mol. The van der Waals surface area contributed by atoms with Crippen LogP contribution in [0.15, 0.2) is 12.2 Å². The van der Waals surface area contributed by atoms with E-state index in [2.05, 4.69) is 0 Å².